The first-order valence-corrected chi connectivity index (χ1v) is 16.3. The van der Waals surface area contributed by atoms with Crippen molar-refractivity contribution in [3.05, 3.63) is 102 Å². The Morgan fingerprint density at radius 1 is 1.39 bits per heavy atom. The summed E-state index contributed by atoms with van der Waals surface area (Å²) in [5, 5.41) is 14.2. The Hall–Kier alpha value is -2.59. The summed E-state index contributed by atoms with van der Waals surface area (Å²) in [5.41, 5.74) is 8.68. The van der Waals surface area contributed by atoms with Crippen LogP contribution < -0.4 is 10.4 Å². The van der Waals surface area contributed by atoms with Gasteiger partial charge in [0, 0.05) is 6.08 Å². The van der Waals surface area contributed by atoms with Crippen molar-refractivity contribution in [2.45, 2.75) is 39.5 Å². The van der Waals surface area contributed by atoms with Crippen molar-refractivity contribution >= 4 is 19.1 Å². The molecule has 0 fully saturated rings. The van der Waals surface area contributed by atoms with E-state index in [-0.39, 0.29) is 5.92 Å². The molecule has 0 heterocycles. The number of nitrogens with zero attached hydrogens (tertiary/aromatic N) is 3. The fourth-order valence-corrected chi connectivity index (χ4v) is 2.77. The van der Waals surface area contributed by atoms with Gasteiger partial charge < -0.3 is 5.32 Å². The Morgan fingerprint density at radius 2 is 2.12 bits per heavy atom. The summed E-state index contributed by atoms with van der Waals surface area (Å²) in [5.74, 6) is 0.255. The van der Waals surface area contributed by atoms with Crippen molar-refractivity contribution in [3.8, 4) is 6.07 Å². The predicted molar refractivity (Wildman–Crippen MR) is 145 cm³/mol. The normalized spacial score (nSPS) is 15.5. The standard InChI is InChI=1S/C26H31N3.CH3N.CH2.U/c1-6-9-10-13-26(28-5)25(20-27)23(12-8-3)17-14-22-15-18-24(19-16-22)29-21(4)11-7-2;1-2;;/h6,8,10,12-15,17-19,22H,1,4-5,7,9,11,16H2,2-3H3;1H,2H2;1H2;/b12-8-,13-10-,17-14+,25-23+;;;. The van der Waals surface area contributed by atoms with E-state index in [1.54, 1.807) is 9.23 Å². The summed E-state index contributed by atoms with van der Waals surface area (Å²) in [4.78, 5) is 0. The van der Waals surface area contributed by atoms with E-state index in [1.807, 2.05) is 43.4 Å². The van der Waals surface area contributed by atoms with Crippen LogP contribution in [-0.2, 0) is 0 Å². The molecule has 2 N–H and O–H groups in total. The number of nitriles is 1. The van der Waals surface area contributed by atoms with Crippen LogP contribution in [0.15, 0.2) is 96.5 Å². The number of nitrogens with two attached hydrogens (primary N) is 1. The van der Waals surface area contributed by atoms with E-state index < -0.39 is 26.7 Å². The van der Waals surface area contributed by atoms with Crippen LogP contribution in [0.4, 0.5) is 0 Å². The van der Waals surface area contributed by atoms with Crippen LogP contribution in [0.1, 0.15) is 39.5 Å². The van der Waals surface area contributed by atoms with Crippen LogP contribution >= 0.6 is 0 Å². The Kier molecular flexibility index (Phi) is 18.5. The van der Waals surface area contributed by atoms with Gasteiger partial charge in [-0.2, -0.15) is 11.0 Å². The molecule has 0 aromatic rings. The van der Waals surface area contributed by atoms with Crippen LogP contribution in [0.5, 0.6) is 0 Å². The third kappa shape index (κ3) is 13.5. The van der Waals surface area contributed by atoms with E-state index in [2.05, 4.69) is 64.6 Å². The summed E-state index contributed by atoms with van der Waals surface area (Å²) < 4.78 is 9.39. The maximum absolute atomic E-state index is 9.70. The molecule has 0 aromatic heterocycles. The molecule has 0 aliphatic heterocycles. The zero-order chi connectivity index (χ0) is 24.9. The van der Waals surface area contributed by atoms with E-state index in [1.165, 1.54) is 0 Å². The fourth-order valence-electron chi connectivity index (χ4n) is 2.77. The third-order valence-corrected chi connectivity index (χ3v) is 5.31. The Labute approximate surface area is 213 Å². The van der Waals surface area contributed by atoms with Gasteiger partial charge in [-0.05, 0) is 37.7 Å². The quantitative estimate of drug-likeness (QED) is 0.102. The van der Waals surface area contributed by atoms with Gasteiger partial charge in [0.1, 0.15) is 11.6 Å². The maximum atomic E-state index is 9.70. The zero-order valence-corrected chi connectivity index (χ0v) is 24.2. The molecule has 1 rings (SSSR count). The van der Waals surface area contributed by atoms with E-state index >= 15 is 0 Å². The number of hydrogen-bond acceptors (Lipinski definition) is 2. The number of hydrogen-bond donors (Lipinski definition) is 1. The molecule has 172 valence electrons. The fraction of sp³-hybridized carbons (Fsp3) is 0.250. The van der Waals surface area contributed by atoms with Gasteiger partial charge in [-0.15, -0.1) is 18.9 Å². The summed E-state index contributed by atoms with van der Waals surface area (Å²) >= 11 is -0.626. The molecule has 0 saturated heterocycles. The third-order valence-electron chi connectivity index (χ3n) is 4.33. The van der Waals surface area contributed by atoms with Crippen LogP contribution in [0, 0.1) is 44.0 Å². The summed E-state index contributed by atoms with van der Waals surface area (Å²) in [7, 11) is 0. The van der Waals surface area contributed by atoms with E-state index in [0.29, 0.717) is 17.7 Å². The average Bonchev–Trinajstić information content (AvgIpc) is 2.83. The molecule has 0 saturated carbocycles. The molecule has 4 nitrogen and oxygen atoms in total. The van der Waals surface area contributed by atoms with Gasteiger partial charge in [-0.25, -0.2) is 0 Å². The second-order valence-corrected chi connectivity index (χ2v) is 10.0. The molecular formula is C28H36N4U. The van der Waals surface area contributed by atoms with Crippen LogP contribution in [0.25, 0.3) is 5.32 Å². The minimum absolute atomic E-state index is 0.255. The Bertz CT molecular complexity index is 983. The molecule has 0 amide bonds. The summed E-state index contributed by atoms with van der Waals surface area (Å²) in [6.07, 6.45) is 23.3. The first-order chi connectivity index (χ1) is 16.0. The van der Waals surface area contributed by atoms with E-state index in [4.69, 9.17) is 5.73 Å². The monoisotopic (exact) mass is 666 g/mol. The van der Waals surface area contributed by atoms with Gasteiger partial charge in [0.05, 0.1) is 0 Å². The second-order valence-electron chi connectivity index (χ2n) is 6.96. The van der Waals surface area contributed by atoms with Gasteiger partial charge in [0.25, 0.3) is 6.72 Å². The first kappa shape index (κ1) is 30.4. The molecule has 1 aliphatic carbocycles. The molecule has 0 bridgehead atoms. The average molecular weight is 667 g/mol. The molecule has 1 unspecified atom stereocenters. The first-order valence-electron chi connectivity index (χ1n) is 10.9. The molecule has 0 spiro atoms. The molecule has 1 atom stereocenters. The minimum atomic E-state index is -0.626. The molecule has 0 radical (unpaired) electrons. The Morgan fingerprint density at radius 3 is 2.61 bits per heavy atom. The van der Waals surface area contributed by atoms with Gasteiger partial charge in [0.2, 0.25) is 0 Å². The van der Waals surface area contributed by atoms with Crippen molar-refractivity contribution < 1.29 is 26.7 Å². The topological polar surface area (TPSA) is 78.0 Å². The number of allylic oxidation sites excluding steroid dienone is 13. The van der Waals surface area contributed by atoms with Gasteiger partial charge in [-0.1, -0.05) is 72.7 Å². The van der Waals surface area contributed by atoms with Crippen LogP contribution in [-0.4, -0.2) is 19.1 Å². The van der Waals surface area contributed by atoms with E-state index in [9.17, 15) is 5.26 Å². The van der Waals surface area contributed by atoms with Crippen molar-refractivity contribution in [3.63, 3.8) is 0 Å². The molecule has 0 aromatic carbocycles. The van der Waals surface area contributed by atoms with Gasteiger partial charge in [-0.3, -0.25) is 0 Å². The molecule has 5 heteroatoms. The summed E-state index contributed by atoms with van der Waals surface area (Å²) in [6, 6.07) is 2.27. The SMILES string of the molecule is C=CC/C=C\C(=[N+]=C)/C(C#N)=C(\C=C/C)/C=C/C1C=CC([N-]C(=C)CCC)=CC1.[CH2]=[U]=[CH]N. The summed E-state index contributed by atoms with van der Waals surface area (Å²) in [6.45, 7) is 15.3. The zero-order valence-electron chi connectivity index (χ0n) is 20.0. The Balaban J connectivity index is 0.00000235. The van der Waals surface area contributed by atoms with Crippen molar-refractivity contribution in [1.82, 2.24) is 4.67 Å². The van der Waals surface area contributed by atoms with Crippen molar-refractivity contribution in [1.29, 1.82) is 5.26 Å². The number of rotatable bonds is 11. The van der Waals surface area contributed by atoms with Crippen molar-refractivity contribution in [2.75, 3.05) is 0 Å². The van der Waals surface area contributed by atoms with Gasteiger partial charge >= 0.3 is 44.9 Å². The second kappa shape index (κ2) is 20.0. The van der Waals surface area contributed by atoms with Crippen LogP contribution in [0.2, 0.25) is 0 Å². The predicted octanol–water partition coefficient (Wildman–Crippen LogP) is 5.65. The van der Waals surface area contributed by atoms with E-state index in [0.717, 1.165) is 36.2 Å². The van der Waals surface area contributed by atoms with Gasteiger partial charge in [0.15, 0.2) is 0 Å². The van der Waals surface area contributed by atoms with Crippen LogP contribution in [0.3, 0.4) is 0 Å². The van der Waals surface area contributed by atoms with Crippen molar-refractivity contribution in [2.24, 2.45) is 11.7 Å². The molecule has 33 heavy (non-hydrogen) atoms. The molecule has 1 aliphatic rings. The molecular weight excluding hydrogens is 630 g/mol.